The van der Waals surface area contributed by atoms with E-state index >= 15 is 0 Å². The largest absolute Gasteiger partial charge is 0.494 e. The molecule has 0 saturated carbocycles. The Balaban J connectivity index is 0.000000480. The summed E-state index contributed by atoms with van der Waals surface area (Å²) in [5, 5.41) is 9.98. The van der Waals surface area contributed by atoms with Gasteiger partial charge in [0.05, 0.1) is 13.2 Å². The SMILES string of the molecule is COc1cc(C)c(NC(=O)C2CCCN2C(C)C)cc1F.O=C(O)C(F)(F)F. The van der Waals surface area contributed by atoms with Gasteiger partial charge >= 0.3 is 12.1 Å². The summed E-state index contributed by atoms with van der Waals surface area (Å²) in [6.45, 7) is 6.94. The first-order valence-corrected chi connectivity index (χ1v) is 8.59. The minimum absolute atomic E-state index is 0.0612. The lowest BCUT2D eigenvalue weighted by Crippen LogP contribution is -2.43. The molecule has 1 amide bonds. The number of ether oxygens (including phenoxy) is 1. The monoisotopic (exact) mass is 408 g/mol. The molecule has 0 aliphatic carbocycles. The molecule has 1 aromatic rings. The maximum Gasteiger partial charge on any atom is 0.490 e. The molecule has 10 heteroatoms. The first-order valence-electron chi connectivity index (χ1n) is 8.59. The topological polar surface area (TPSA) is 78.9 Å². The molecule has 0 radical (unpaired) electrons. The lowest BCUT2D eigenvalue weighted by molar-refractivity contribution is -0.192. The predicted octanol–water partition coefficient (Wildman–Crippen LogP) is 3.59. The molecule has 28 heavy (non-hydrogen) atoms. The number of hydrogen-bond acceptors (Lipinski definition) is 4. The predicted molar refractivity (Wildman–Crippen MR) is 94.9 cm³/mol. The Kier molecular flexibility index (Phi) is 8.22. The molecule has 0 aromatic heterocycles. The van der Waals surface area contributed by atoms with Crippen LogP contribution in [0.5, 0.6) is 5.75 Å². The minimum atomic E-state index is -5.08. The van der Waals surface area contributed by atoms with Gasteiger partial charge in [0.25, 0.3) is 0 Å². The Morgan fingerprint density at radius 1 is 1.32 bits per heavy atom. The first-order chi connectivity index (χ1) is 12.9. The zero-order valence-corrected chi connectivity index (χ0v) is 16.1. The van der Waals surface area contributed by atoms with Gasteiger partial charge in [-0.1, -0.05) is 0 Å². The minimum Gasteiger partial charge on any atom is -0.494 e. The van der Waals surface area contributed by atoms with Crippen LogP contribution in [0.3, 0.4) is 0 Å². The molecule has 1 aliphatic rings. The van der Waals surface area contributed by atoms with Crippen molar-refractivity contribution in [1.29, 1.82) is 0 Å². The third kappa shape index (κ3) is 6.36. The Morgan fingerprint density at radius 2 is 1.89 bits per heavy atom. The van der Waals surface area contributed by atoms with Crippen LogP contribution >= 0.6 is 0 Å². The molecule has 1 fully saturated rings. The average Bonchev–Trinajstić information content (AvgIpc) is 3.07. The number of carboxylic acid groups (broad SMARTS) is 1. The van der Waals surface area contributed by atoms with Gasteiger partial charge in [0.1, 0.15) is 0 Å². The maximum absolute atomic E-state index is 13.8. The van der Waals surface area contributed by atoms with Gasteiger partial charge in [0.2, 0.25) is 5.91 Å². The molecule has 1 aromatic carbocycles. The number of likely N-dealkylation sites (tertiary alicyclic amines) is 1. The van der Waals surface area contributed by atoms with Crippen LogP contribution in [0.4, 0.5) is 23.2 Å². The van der Waals surface area contributed by atoms with E-state index in [9.17, 15) is 22.4 Å². The number of carboxylic acids is 1. The Hall–Kier alpha value is -2.36. The molecular formula is C18H24F4N2O4. The van der Waals surface area contributed by atoms with E-state index in [1.807, 2.05) is 6.92 Å². The van der Waals surface area contributed by atoms with Crippen molar-refractivity contribution in [2.45, 2.75) is 51.9 Å². The number of carbonyl (C=O) groups is 2. The highest BCUT2D eigenvalue weighted by Gasteiger charge is 2.38. The highest BCUT2D eigenvalue weighted by Crippen LogP contribution is 2.27. The lowest BCUT2D eigenvalue weighted by Gasteiger charge is -2.27. The molecular weight excluding hydrogens is 384 g/mol. The van der Waals surface area contributed by atoms with Crippen molar-refractivity contribution in [3.8, 4) is 5.75 Å². The summed E-state index contributed by atoms with van der Waals surface area (Å²) in [6, 6.07) is 3.12. The summed E-state index contributed by atoms with van der Waals surface area (Å²) >= 11 is 0. The third-order valence-electron chi connectivity index (χ3n) is 4.26. The number of alkyl halides is 3. The summed E-state index contributed by atoms with van der Waals surface area (Å²) < 4.78 is 50.5. The van der Waals surface area contributed by atoms with Gasteiger partial charge in [-0.25, -0.2) is 9.18 Å². The van der Waals surface area contributed by atoms with Crippen LogP contribution in [0.2, 0.25) is 0 Å². The molecule has 1 aliphatic heterocycles. The second kappa shape index (κ2) is 9.72. The van der Waals surface area contributed by atoms with Crippen molar-refractivity contribution in [2.75, 3.05) is 19.0 Å². The number of aliphatic carboxylic acids is 1. The van der Waals surface area contributed by atoms with E-state index in [1.165, 1.54) is 13.2 Å². The van der Waals surface area contributed by atoms with Crippen LogP contribution in [0.15, 0.2) is 12.1 Å². The number of halogens is 4. The third-order valence-corrected chi connectivity index (χ3v) is 4.26. The van der Waals surface area contributed by atoms with Gasteiger partial charge in [-0.05, 0) is 51.8 Å². The van der Waals surface area contributed by atoms with Crippen molar-refractivity contribution >= 4 is 17.6 Å². The number of anilines is 1. The lowest BCUT2D eigenvalue weighted by atomic mass is 10.1. The average molecular weight is 408 g/mol. The molecule has 0 spiro atoms. The number of rotatable bonds is 4. The van der Waals surface area contributed by atoms with Crippen LogP contribution in [0.25, 0.3) is 0 Å². The molecule has 1 atom stereocenters. The number of aryl methyl sites for hydroxylation is 1. The standard InChI is InChI=1S/C16H23FN2O2.C2HF3O2/c1-10(2)19-7-5-6-14(19)16(20)18-13-9-12(17)15(21-4)8-11(13)3;3-2(4,5)1(6)7/h8-10,14H,5-7H2,1-4H3,(H,18,20);(H,6,7). The Morgan fingerprint density at radius 3 is 2.36 bits per heavy atom. The first kappa shape index (κ1) is 23.7. The van der Waals surface area contributed by atoms with E-state index in [0.29, 0.717) is 11.7 Å². The van der Waals surface area contributed by atoms with E-state index in [0.717, 1.165) is 24.9 Å². The van der Waals surface area contributed by atoms with Gasteiger partial charge < -0.3 is 15.2 Å². The molecule has 1 heterocycles. The van der Waals surface area contributed by atoms with E-state index in [4.69, 9.17) is 14.6 Å². The molecule has 0 bridgehead atoms. The van der Waals surface area contributed by atoms with Crippen molar-refractivity contribution in [3.63, 3.8) is 0 Å². The highest BCUT2D eigenvalue weighted by molar-refractivity contribution is 5.95. The quantitative estimate of drug-likeness (QED) is 0.745. The van der Waals surface area contributed by atoms with Gasteiger partial charge in [-0.15, -0.1) is 0 Å². The molecule has 2 rings (SSSR count). The van der Waals surface area contributed by atoms with E-state index in [-0.39, 0.29) is 17.7 Å². The fraction of sp³-hybridized carbons (Fsp3) is 0.556. The number of amides is 1. The van der Waals surface area contributed by atoms with Crippen molar-refractivity contribution in [2.24, 2.45) is 0 Å². The number of nitrogens with zero attached hydrogens (tertiary/aromatic N) is 1. The van der Waals surface area contributed by atoms with Crippen LogP contribution in [0, 0.1) is 12.7 Å². The zero-order valence-electron chi connectivity index (χ0n) is 16.1. The second-order valence-corrected chi connectivity index (χ2v) is 6.58. The highest BCUT2D eigenvalue weighted by atomic mass is 19.4. The fourth-order valence-corrected chi connectivity index (χ4v) is 2.85. The number of carbonyl (C=O) groups excluding carboxylic acids is 1. The summed E-state index contributed by atoms with van der Waals surface area (Å²) in [6.07, 6.45) is -3.21. The number of methoxy groups -OCH3 is 1. The summed E-state index contributed by atoms with van der Waals surface area (Å²) in [5.74, 6) is -3.10. The van der Waals surface area contributed by atoms with Gasteiger partial charge in [0.15, 0.2) is 11.6 Å². The summed E-state index contributed by atoms with van der Waals surface area (Å²) in [4.78, 5) is 23.5. The van der Waals surface area contributed by atoms with E-state index in [2.05, 4.69) is 24.1 Å². The molecule has 6 nitrogen and oxygen atoms in total. The molecule has 1 saturated heterocycles. The van der Waals surface area contributed by atoms with E-state index in [1.54, 1.807) is 6.07 Å². The van der Waals surface area contributed by atoms with Crippen LogP contribution in [-0.2, 0) is 9.59 Å². The van der Waals surface area contributed by atoms with Crippen LogP contribution in [0.1, 0.15) is 32.3 Å². The van der Waals surface area contributed by atoms with Crippen LogP contribution in [-0.4, -0.2) is 53.8 Å². The number of hydrogen-bond donors (Lipinski definition) is 2. The van der Waals surface area contributed by atoms with Crippen molar-refractivity contribution < 1.29 is 37.0 Å². The van der Waals surface area contributed by atoms with Crippen molar-refractivity contribution in [1.82, 2.24) is 4.90 Å². The summed E-state index contributed by atoms with van der Waals surface area (Å²) in [7, 11) is 1.43. The fourth-order valence-electron chi connectivity index (χ4n) is 2.85. The van der Waals surface area contributed by atoms with Crippen molar-refractivity contribution in [3.05, 3.63) is 23.5 Å². The summed E-state index contributed by atoms with van der Waals surface area (Å²) in [5.41, 5.74) is 1.30. The molecule has 158 valence electrons. The van der Waals surface area contributed by atoms with Gasteiger partial charge in [-0.3, -0.25) is 9.69 Å². The molecule has 2 N–H and O–H groups in total. The molecule has 1 unspecified atom stereocenters. The second-order valence-electron chi connectivity index (χ2n) is 6.58. The Labute approximate surface area is 160 Å². The Bertz CT molecular complexity index is 708. The normalized spacial score (nSPS) is 17.1. The van der Waals surface area contributed by atoms with E-state index < -0.39 is 18.0 Å². The zero-order chi connectivity index (χ0) is 21.6. The van der Waals surface area contributed by atoms with Crippen LogP contribution < -0.4 is 10.1 Å². The van der Waals surface area contributed by atoms with Gasteiger partial charge in [-0.2, -0.15) is 13.2 Å². The van der Waals surface area contributed by atoms with Gasteiger partial charge in [0, 0.05) is 17.8 Å². The number of nitrogens with one attached hydrogen (secondary N) is 1. The maximum atomic E-state index is 13.8. The smallest absolute Gasteiger partial charge is 0.490 e. The number of benzene rings is 1.